The molecule has 0 atom stereocenters. The van der Waals surface area contributed by atoms with E-state index in [9.17, 15) is 4.79 Å². The van der Waals surface area contributed by atoms with Crippen LogP contribution in [0, 0.1) is 0 Å². The molecule has 11 heavy (non-hydrogen) atoms. The van der Waals surface area contributed by atoms with Gasteiger partial charge in [-0.1, -0.05) is 0 Å². The highest BCUT2D eigenvalue weighted by atomic mass is 32.1. The van der Waals surface area contributed by atoms with E-state index in [-0.39, 0.29) is 11.3 Å². The van der Waals surface area contributed by atoms with Crippen LogP contribution in [0.25, 0.3) is 0 Å². The summed E-state index contributed by atoms with van der Waals surface area (Å²) in [5, 5.41) is 8.58. The molecule has 0 unspecified atom stereocenters. The Morgan fingerprint density at radius 3 is 2.64 bits per heavy atom. The molecule has 3 nitrogen and oxygen atoms in total. The van der Waals surface area contributed by atoms with Crippen LogP contribution in [0.4, 0.5) is 5.69 Å². The van der Waals surface area contributed by atoms with Gasteiger partial charge in [0.15, 0.2) is 0 Å². The van der Waals surface area contributed by atoms with Crippen molar-refractivity contribution in [3.63, 3.8) is 0 Å². The average Bonchev–Trinajstić information content (AvgIpc) is 1.94. The molecule has 0 amide bonds. The van der Waals surface area contributed by atoms with E-state index in [1.165, 1.54) is 12.1 Å². The Labute approximate surface area is 69.2 Å². The minimum absolute atomic E-state index is 0.0949. The molecule has 58 valence electrons. The zero-order chi connectivity index (χ0) is 8.43. The third-order valence-electron chi connectivity index (χ3n) is 1.27. The van der Waals surface area contributed by atoms with E-state index >= 15 is 0 Å². The molecular weight excluding hydrogens is 162 g/mol. The summed E-state index contributed by atoms with van der Waals surface area (Å²) in [5.74, 6) is -1.03. The quantitative estimate of drug-likeness (QED) is 0.438. The van der Waals surface area contributed by atoms with E-state index in [4.69, 9.17) is 10.8 Å². The zero-order valence-corrected chi connectivity index (χ0v) is 6.51. The lowest BCUT2D eigenvalue weighted by Crippen LogP contribution is -2.01. The number of nitrogen functional groups attached to an aromatic ring is 1. The van der Waals surface area contributed by atoms with Gasteiger partial charge in [-0.3, -0.25) is 0 Å². The van der Waals surface area contributed by atoms with Gasteiger partial charge in [0.25, 0.3) is 0 Å². The number of hydrogen-bond donors (Lipinski definition) is 3. The Bertz CT molecular complexity index is 298. The molecule has 0 bridgehead atoms. The third-order valence-corrected chi connectivity index (χ3v) is 1.55. The highest BCUT2D eigenvalue weighted by molar-refractivity contribution is 7.80. The lowest BCUT2D eigenvalue weighted by molar-refractivity contribution is 0.0698. The maximum atomic E-state index is 10.5. The van der Waals surface area contributed by atoms with Crippen LogP contribution in [-0.2, 0) is 0 Å². The number of hydrogen-bond acceptors (Lipinski definition) is 3. The topological polar surface area (TPSA) is 63.3 Å². The summed E-state index contributed by atoms with van der Waals surface area (Å²) < 4.78 is 0. The summed E-state index contributed by atoms with van der Waals surface area (Å²) in [7, 11) is 0. The molecule has 0 spiro atoms. The number of rotatable bonds is 1. The van der Waals surface area contributed by atoms with Crippen LogP contribution in [0.5, 0.6) is 0 Å². The summed E-state index contributed by atoms with van der Waals surface area (Å²) in [5.41, 5.74) is 5.73. The molecule has 0 saturated heterocycles. The minimum Gasteiger partial charge on any atom is -0.478 e. The van der Waals surface area contributed by atoms with Gasteiger partial charge in [0.1, 0.15) is 0 Å². The van der Waals surface area contributed by atoms with E-state index in [0.29, 0.717) is 4.90 Å². The fourth-order valence-corrected chi connectivity index (χ4v) is 0.933. The van der Waals surface area contributed by atoms with Crippen LogP contribution in [-0.4, -0.2) is 11.1 Å². The van der Waals surface area contributed by atoms with Crippen LogP contribution >= 0.6 is 12.6 Å². The first-order valence-corrected chi connectivity index (χ1v) is 3.38. The highest BCUT2D eigenvalue weighted by Gasteiger charge is 2.06. The summed E-state index contributed by atoms with van der Waals surface area (Å²) in [6, 6.07) is 4.58. The molecule has 1 aromatic rings. The van der Waals surface area contributed by atoms with Crippen LogP contribution in [0.15, 0.2) is 23.1 Å². The largest absolute Gasteiger partial charge is 0.478 e. The van der Waals surface area contributed by atoms with E-state index in [1.54, 1.807) is 6.07 Å². The number of carboxylic acid groups (broad SMARTS) is 1. The SMILES string of the molecule is Nc1ccc(S)cc1C(=O)O. The Kier molecular flexibility index (Phi) is 2.05. The van der Waals surface area contributed by atoms with Crippen molar-refractivity contribution in [2.24, 2.45) is 0 Å². The second-order valence-electron chi connectivity index (χ2n) is 2.08. The van der Waals surface area contributed by atoms with E-state index in [0.717, 1.165) is 0 Å². The minimum atomic E-state index is -1.03. The molecule has 0 aliphatic carbocycles. The zero-order valence-electron chi connectivity index (χ0n) is 5.61. The van der Waals surface area contributed by atoms with Crippen molar-refractivity contribution in [3.05, 3.63) is 23.8 Å². The monoisotopic (exact) mass is 169 g/mol. The lowest BCUT2D eigenvalue weighted by atomic mass is 10.2. The van der Waals surface area contributed by atoms with Crippen molar-refractivity contribution >= 4 is 24.3 Å². The van der Waals surface area contributed by atoms with Crippen LogP contribution in [0.3, 0.4) is 0 Å². The number of anilines is 1. The fraction of sp³-hybridized carbons (Fsp3) is 0. The number of nitrogens with two attached hydrogens (primary N) is 1. The van der Waals surface area contributed by atoms with Crippen LogP contribution < -0.4 is 5.73 Å². The van der Waals surface area contributed by atoms with Crippen molar-refractivity contribution in [2.45, 2.75) is 4.90 Å². The number of aromatic carboxylic acids is 1. The van der Waals surface area contributed by atoms with Gasteiger partial charge < -0.3 is 10.8 Å². The third kappa shape index (κ3) is 1.65. The van der Waals surface area contributed by atoms with Gasteiger partial charge in [0, 0.05) is 10.6 Å². The molecule has 0 aliphatic heterocycles. The van der Waals surface area contributed by atoms with Crippen molar-refractivity contribution in [1.82, 2.24) is 0 Å². The molecule has 3 N–H and O–H groups in total. The average molecular weight is 169 g/mol. The molecule has 0 fully saturated rings. The molecule has 0 aromatic heterocycles. The van der Waals surface area contributed by atoms with Gasteiger partial charge in [0.05, 0.1) is 5.56 Å². The summed E-state index contributed by atoms with van der Waals surface area (Å²) in [6.45, 7) is 0. The molecule has 0 heterocycles. The second kappa shape index (κ2) is 2.84. The Morgan fingerprint density at radius 1 is 1.55 bits per heavy atom. The maximum Gasteiger partial charge on any atom is 0.337 e. The number of thiol groups is 1. The first kappa shape index (κ1) is 7.94. The smallest absolute Gasteiger partial charge is 0.337 e. The van der Waals surface area contributed by atoms with Crippen molar-refractivity contribution in [2.75, 3.05) is 5.73 Å². The molecule has 0 saturated carbocycles. The molecule has 0 aliphatic rings. The summed E-state index contributed by atoms with van der Waals surface area (Å²) in [6.07, 6.45) is 0. The summed E-state index contributed by atoms with van der Waals surface area (Å²) >= 11 is 3.98. The Balaban J connectivity index is 3.23. The molecule has 4 heteroatoms. The van der Waals surface area contributed by atoms with Crippen molar-refractivity contribution in [1.29, 1.82) is 0 Å². The van der Waals surface area contributed by atoms with Crippen molar-refractivity contribution < 1.29 is 9.90 Å². The van der Waals surface area contributed by atoms with Gasteiger partial charge in [-0.15, -0.1) is 12.6 Å². The van der Waals surface area contributed by atoms with Gasteiger partial charge >= 0.3 is 5.97 Å². The first-order chi connectivity index (χ1) is 5.11. The van der Waals surface area contributed by atoms with Gasteiger partial charge in [-0.2, -0.15) is 0 Å². The van der Waals surface area contributed by atoms with Gasteiger partial charge in [-0.05, 0) is 18.2 Å². The normalized spacial score (nSPS) is 9.55. The first-order valence-electron chi connectivity index (χ1n) is 2.93. The molecule has 0 radical (unpaired) electrons. The van der Waals surface area contributed by atoms with E-state index in [1.807, 2.05) is 0 Å². The van der Waals surface area contributed by atoms with Crippen molar-refractivity contribution in [3.8, 4) is 0 Å². The maximum absolute atomic E-state index is 10.5. The second-order valence-corrected chi connectivity index (χ2v) is 2.59. The van der Waals surface area contributed by atoms with Gasteiger partial charge in [0.2, 0.25) is 0 Å². The van der Waals surface area contributed by atoms with Gasteiger partial charge in [-0.25, -0.2) is 4.79 Å². The van der Waals surface area contributed by atoms with E-state index in [2.05, 4.69) is 12.6 Å². The number of benzene rings is 1. The lowest BCUT2D eigenvalue weighted by Gasteiger charge is -1.99. The molecule has 1 rings (SSSR count). The molecular formula is C7H7NO2S. The highest BCUT2D eigenvalue weighted by Crippen LogP contribution is 2.15. The number of carboxylic acids is 1. The van der Waals surface area contributed by atoms with E-state index < -0.39 is 5.97 Å². The molecule has 1 aromatic carbocycles. The predicted molar refractivity (Wildman–Crippen MR) is 45.1 cm³/mol. The number of carbonyl (C=O) groups is 1. The predicted octanol–water partition coefficient (Wildman–Crippen LogP) is 1.26. The Morgan fingerprint density at radius 2 is 2.18 bits per heavy atom. The Hall–Kier alpha value is -1.16. The van der Waals surface area contributed by atoms with Crippen LogP contribution in [0.1, 0.15) is 10.4 Å². The standard InChI is InChI=1S/C7H7NO2S/c8-6-2-1-4(11)3-5(6)7(9)10/h1-3,11H,8H2,(H,9,10). The van der Waals surface area contributed by atoms with Crippen LogP contribution in [0.2, 0.25) is 0 Å². The summed E-state index contributed by atoms with van der Waals surface area (Å²) in [4.78, 5) is 11.1. The fourth-order valence-electron chi connectivity index (χ4n) is 0.729.